The van der Waals surface area contributed by atoms with Crippen molar-refractivity contribution in [3.05, 3.63) is 65.5 Å². The molecule has 3 N–H and O–H groups in total. The number of thioether (sulfide) groups is 1. The van der Waals surface area contributed by atoms with Gasteiger partial charge in [-0.2, -0.15) is 0 Å². The molecule has 2 aromatic carbocycles. The molecule has 0 radical (unpaired) electrons. The molecule has 0 unspecified atom stereocenters. The third-order valence-electron chi connectivity index (χ3n) is 5.10. The highest BCUT2D eigenvalue weighted by Gasteiger charge is 2.15. The third-order valence-corrected chi connectivity index (χ3v) is 6.04. The van der Waals surface area contributed by atoms with Crippen LogP contribution in [-0.4, -0.2) is 40.6 Å². The maximum absolute atomic E-state index is 12.2. The first-order valence-electron chi connectivity index (χ1n) is 10.7. The van der Waals surface area contributed by atoms with Crippen LogP contribution >= 0.6 is 11.8 Å². The van der Waals surface area contributed by atoms with Crippen LogP contribution < -0.4 is 20.8 Å². The first-order valence-corrected chi connectivity index (χ1v) is 11.7. The second kappa shape index (κ2) is 10.6. The third kappa shape index (κ3) is 6.89. The van der Waals surface area contributed by atoms with Gasteiger partial charge in [0.05, 0.1) is 5.75 Å². The van der Waals surface area contributed by atoms with Crippen molar-refractivity contribution in [2.24, 2.45) is 0 Å². The molecule has 0 aliphatic heterocycles. The van der Waals surface area contributed by atoms with Crippen LogP contribution in [0, 0.1) is 0 Å². The Bertz CT molecular complexity index is 1060. The molecule has 0 spiro atoms. The Morgan fingerprint density at radius 3 is 2.36 bits per heavy atom. The Balaban J connectivity index is 1.46. The normalized spacial score (nSPS) is 11.3. The van der Waals surface area contributed by atoms with Gasteiger partial charge in [-0.15, -0.1) is 10.2 Å². The van der Waals surface area contributed by atoms with Crippen molar-refractivity contribution in [2.45, 2.75) is 44.5 Å². The Kier molecular flexibility index (Phi) is 7.86. The standard InChI is InChI=1S/C24H32N6O2S/c1-24(2,3)18-8-12-20(13-9-18)32-15-21-27-28-23(30(21)25)33-16-22(31)26-14-17-6-10-19(11-7-17)29(4)5/h6-13H,14-16,25H2,1-5H3,(H,26,31). The van der Waals surface area contributed by atoms with Crippen LogP contribution in [0.1, 0.15) is 37.7 Å². The predicted molar refractivity (Wildman–Crippen MR) is 133 cm³/mol. The van der Waals surface area contributed by atoms with E-state index in [2.05, 4.69) is 48.4 Å². The molecule has 176 valence electrons. The number of hydrogen-bond donors (Lipinski definition) is 2. The number of carbonyl (C=O) groups is 1. The highest BCUT2D eigenvalue weighted by Crippen LogP contribution is 2.24. The zero-order chi connectivity index (χ0) is 24.0. The summed E-state index contributed by atoms with van der Waals surface area (Å²) < 4.78 is 7.16. The summed E-state index contributed by atoms with van der Waals surface area (Å²) in [6.45, 7) is 7.16. The molecular weight excluding hydrogens is 436 g/mol. The molecule has 0 atom stereocenters. The zero-order valence-corrected chi connectivity index (χ0v) is 20.6. The summed E-state index contributed by atoms with van der Waals surface area (Å²) in [5.41, 5.74) is 3.48. The predicted octanol–water partition coefficient (Wildman–Crippen LogP) is 3.34. The van der Waals surface area contributed by atoms with Crippen molar-refractivity contribution in [3.8, 4) is 5.75 Å². The molecule has 0 aliphatic rings. The van der Waals surface area contributed by atoms with Crippen LogP contribution in [0.3, 0.4) is 0 Å². The lowest BCUT2D eigenvalue weighted by Gasteiger charge is -2.19. The topological polar surface area (TPSA) is 98.3 Å². The molecule has 1 amide bonds. The largest absolute Gasteiger partial charge is 0.486 e. The number of benzene rings is 2. The fourth-order valence-electron chi connectivity index (χ4n) is 3.00. The quantitative estimate of drug-likeness (QED) is 0.367. The number of nitrogens with two attached hydrogens (primary N) is 1. The Hall–Kier alpha value is -3.20. The lowest BCUT2D eigenvalue weighted by Crippen LogP contribution is -2.25. The van der Waals surface area contributed by atoms with E-state index < -0.39 is 0 Å². The van der Waals surface area contributed by atoms with Gasteiger partial charge in [-0.3, -0.25) is 4.79 Å². The Morgan fingerprint density at radius 1 is 1.09 bits per heavy atom. The highest BCUT2D eigenvalue weighted by molar-refractivity contribution is 7.99. The molecule has 8 nitrogen and oxygen atoms in total. The van der Waals surface area contributed by atoms with Gasteiger partial charge < -0.3 is 20.8 Å². The van der Waals surface area contributed by atoms with E-state index >= 15 is 0 Å². The second-order valence-electron chi connectivity index (χ2n) is 8.96. The van der Waals surface area contributed by atoms with Gasteiger partial charge in [0.1, 0.15) is 12.4 Å². The van der Waals surface area contributed by atoms with Crippen LogP contribution in [0.2, 0.25) is 0 Å². The van der Waals surface area contributed by atoms with Gasteiger partial charge in [-0.05, 0) is 40.8 Å². The second-order valence-corrected chi connectivity index (χ2v) is 9.90. The SMILES string of the molecule is CN(C)c1ccc(CNC(=O)CSc2nnc(COc3ccc(C(C)(C)C)cc3)n2N)cc1. The van der Waals surface area contributed by atoms with Gasteiger partial charge >= 0.3 is 0 Å². The fourth-order valence-corrected chi connectivity index (χ4v) is 3.70. The molecule has 1 aromatic heterocycles. The number of nitrogens with one attached hydrogen (secondary N) is 1. The van der Waals surface area contributed by atoms with Gasteiger partial charge in [0.2, 0.25) is 11.1 Å². The number of nitrogens with zero attached hydrogens (tertiary/aromatic N) is 4. The van der Waals surface area contributed by atoms with Crippen LogP contribution in [0.15, 0.2) is 53.7 Å². The molecule has 33 heavy (non-hydrogen) atoms. The van der Waals surface area contributed by atoms with Crippen LogP contribution in [0.5, 0.6) is 5.75 Å². The van der Waals surface area contributed by atoms with Gasteiger partial charge in [0.25, 0.3) is 0 Å². The molecule has 1 heterocycles. The minimum atomic E-state index is -0.101. The van der Waals surface area contributed by atoms with E-state index in [1.807, 2.05) is 55.4 Å². The maximum Gasteiger partial charge on any atom is 0.230 e. The summed E-state index contributed by atoms with van der Waals surface area (Å²) in [5, 5.41) is 11.5. The number of rotatable bonds is 9. The van der Waals surface area contributed by atoms with Crippen molar-refractivity contribution < 1.29 is 9.53 Å². The van der Waals surface area contributed by atoms with E-state index in [1.165, 1.54) is 22.0 Å². The van der Waals surface area contributed by atoms with Gasteiger partial charge in [-0.25, -0.2) is 4.68 Å². The van der Waals surface area contributed by atoms with Crippen molar-refractivity contribution in [1.29, 1.82) is 0 Å². The average molecular weight is 469 g/mol. The number of ether oxygens (including phenoxy) is 1. The van der Waals surface area contributed by atoms with Gasteiger partial charge in [0, 0.05) is 26.3 Å². The number of amides is 1. The van der Waals surface area contributed by atoms with Crippen LogP contribution in [-0.2, 0) is 23.4 Å². The van der Waals surface area contributed by atoms with Gasteiger partial charge in [-0.1, -0.05) is 56.8 Å². The molecule has 3 aromatic rings. The van der Waals surface area contributed by atoms with Crippen molar-refractivity contribution in [2.75, 3.05) is 30.6 Å². The fraction of sp³-hybridized carbons (Fsp3) is 0.375. The van der Waals surface area contributed by atoms with Crippen molar-refractivity contribution in [1.82, 2.24) is 20.2 Å². The monoisotopic (exact) mass is 468 g/mol. The molecule has 0 fully saturated rings. The molecule has 3 rings (SSSR count). The molecule has 0 saturated heterocycles. The lowest BCUT2D eigenvalue weighted by atomic mass is 9.87. The number of carbonyl (C=O) groups excluding carboxylic acids is 1. The first kappa shape index (κ1) is 24.4. The minimum Gasteiger partial charge on any atom is -0.486 e. The Morgan fingerprint density at radius 2 is 1.76 bits per heavy atom. The summed E-state index contributed by atoms with van der Waals surface area (Å²) in [5.74, 6) is 7.41. The van der Waals surface area contributed by atoms with Crippen LogP contribution in [0.4, 0.5) is 5.69 Å². The molecule has 0 bridgehead atoms. The number of hydrogen-bond acceptors (Lipinski definition) is 7. The smallest absolute Gasteiger partial charge is 0.230 e. The van der Waals surface area contributed by atoms with Crippen molar-refractivity contribution in [3.63, 3.8) is 0 Å². The van der Waals surface area contributed by atoms with Crippen molar-refractivity contribution >= 4 is 23.4 Å². The first-order chi connectivity index (χ1) is 15.6. The van der Waals surface area contributed by atoms with E-state index in [1.54, 1.807) is 0 Å². The average Bonchev–Trinajstić information content (AvgIpc) is 3.14. The molecule has 0 saturated carbocycles. The van der Waals surface area contributed by atoms with E-state index in [9.17, 15) is 4.79 Å². The number of anilines is 1. The lowest BCUT2D eigenvalue weighted by molar-refractivity contribution is -0.118. The summed E-state index contributed by atoms with van der Waals surface area (Å²) >= 11 is 1.23. The minimum absolute atomic E-state index is 0.0884. The van der Waals surface area contributed by atoms with E-state index in [4.69, 9.17) is 10.6 Å². The highest BCUT2D eigenvalue weighted by atomic mass is 32.2. The maximum atomic E-state index is 12.2. The van der Waals surface area contributed by atoms with Gasteiger partial charge in [0.15, 0.2) is 5.82 Å². The molecule has 0 aliphatic carbocycles. The summed E-state index contributed by atoms with van der Waals surface area (Å²) in [6, 6.07) is 16.0. The Labute approximate surface area is 199 Å². The number of aromatic nitrogens is 3. The molecular formula is C24H32N6O2S. The number of nitrogen functional groups attached to an aromatic ring is 1. The van der Waals surface area contributed by atoms with Crippen LogP contribution in [0.25, 0.3) is 0 Å². The van der Waals surface area contributed by atoms with E-state index in [-0.39, 0.29) is 23.7 Å². The molecule has 9 heteroatoms. The van der Waals surface area contributed by atoms with E-state index in [0.29, 0.717) is 17.5 Å². The summed E-state index contributed by atoms with van der Waals surface area (Å²) in [4.78, 5) is 14.3. The summed E-state index contributed by atoms with van der Waals surface area (Å²) in [7, 11) is 3.98. The summed E-state index contributed by atoms with van der Waals surface area (Å²) in [6.07, 6.45) is 0. The van der Waals surface area contributed by atoms with E-state index in [0.717, 1.165) is 17.0 Å². The zero-order valence-electron chi connectivity index (χ0n) is 19.8.